The fraction of sp³-hybridized carbons (Fsp3) is 0.438. The zero-order chi connectivity index (χ0) is 16.2. The number of hydrogen-bond donors (Lipinski definition) is 1. The molecule has 0 aromatic carbocycles. The second-order valence-corrected chi connectivity index (χ2v) is 5.57. The molecule has 0 aliphatic carbocycles. The first-order chi connectivity index (χ1) is 11.2. The summed E-state index contributed by atoms with van der Waals surface area (Å²) in [5, 5.41) is 2.75. The summed E-state index contributed by atoms with van der Waals surface area (Å²) >= 11 is 0. The molecule has 0 saturated heterocycles. The van der Waals surface area contributed by atoms with Crippen molar-refractivity contribution >= 4 is 11.9 Å². The Balaban J connectivity index is 1.68. The Morgan fingerprint density at radius 3 is 2.87 bits per heavy atom. The Labute approximate surface area is 135 Å². The molecule has 0 radical (unpaired) electrons. The van der Waals surface area contributed by atoms with Crippen molar-refractivity contribution in [3.05, 3.63) is 41.7 Å². The van der Waals surface area contributed by atoms with E-state index in [9.17, 15) is 4.79 Å². The Kier molecular flexibility index (Phi) is 4.57. The maximum Gasteiger partial charge on any atom is 0.243 e. The zero-order valence-corrected chi connectivity index (χ0v) is 13.4. The van der Waals surface area contributed by atoms with Gasteiger partial charge in [-0.25, -0.2) is 19.9 Å². The van der Waals surface area contributed by atoms with E-state index in [1.165, 1.54) is 5.56 Å². The van der Waals surface area contributed by atoms with Crippen LogP contribution in [0.4, 0.5) is 5.95 Å². The minimum Gasteiger partial charge on any atom is -0.293 e. The largest absolute Gasteiger partial charge is 0.293 e. The van der Waals surface area contributed by atoms with E-state index in [0.29, 0.717) is 12.5 Å². The van der Waals surface area contributed by atoms with Gasteiger partial charge in [-0.15, -0.1) is 0 Å². The summed E-state index contributed by atoms with van der Waals surface area (Å²) in [4.78, 5) is 31.5. The lowest BCUT2D eigenvalue weighted by molar-refractivity contribution is -0.121. The summed E-state index contributed by atoms with van der Waals surface area (Å²) in [6.45, 7) is 5.41. The summed E-state index contributed by atoms with van der Waals surface area (Å²) in [5.41, 5.74) is 2.20. The Hall–Kier alpha value is -2.41. The van der Waals surface area contributed by atoms with Crippen LogP contribution in [0.5, 0.6) is 0 Å². The molecule has 3 rings (SSSR count). The van der Waals surface area contributed by atoms with Crippen molar-refractivity contribution in [2.75, 3.05) is 11.9 Å². The molecule has 2 aromatic rings. The third-order valence-corrected chi connectivity index (χ3v) is 4.07. The van der Waals surface area contributed by atoms with E-state index in [0.717, 1.165) is 30.9 Å². The molecule has 1 atom stereocenters. The van der Waals surface area contributed by atoms with Crippen molar-refractivity contribution in [2.24, 2.45) is 0 Å². The number of aromatic nitrogens is 4. The first kappa shape index (κ1) is 15.5. The lowest BCUT2D eigenvalue weighted by Gasteiger charge is -2.32. The van der Waals surface area contributed by atoms with E-state index in [-0.39, 0.29) is 11.9 Å². The standard InChI is InChI=1S/C16H20N6O/c1-3-14-19-9-12-5-8-22(10-13(12)20-14)11(2)15(23)21-16-17-6-4-7-18-16/h4,6-7,9,11H,3,5,8,10H2,1-2H3,(H,17,18,21,23). The molecule has 1 N–H and O–H groups in total. The number of nitrogens with zero attached hydrogens (tertiary/aromatic N) is 5. The predicted octanol–water partition coefficient (Wildman–Crippen LogP) is 1.21. The summed E-state index contributed by atoms with van der Waals surface area (Å²) in [7, 11) is 0. The lowest BCUT2D eigenvalue weighted by Crippen LogP contribution is -2.45. The van der Waals surface area contributed by atoms with E-state index in [2.05, 4.69) is 30.2 Å². The van der Waals surface area contributed by atoms with Gasteiger partial charge in [0.15, 0.2) is 0 Å². The van der Waals surface area contributed by atoms with Crippen LogP contribution in [-0.2, 0) is 24.2 Å². The summed E-state index contributed by atoms with van der Waals surface area (Å²) in [5.74, 6) is 1.07. The third-order valence-electron chi connectivity index (χ3n) is 4.07. The Morgan fingerprint density at radius 2 is 2.13 bits per heavy atom. The van der Waals surface area contributed by atoms with Crippen LogP contribution in [0, 0.1) is 0 Å². The molecule has 0 spiro atoms. The number of amides is 1. The average Bonchev–Trinajstić information content (AvgIpc) is 2.60. The van der Waals surface area contributed by atoms with Gasteiger partial charge in [-0.3, -0.25) is 15.0 Å². The molecular weight excluding hydrogens is 292 g/mol. The molecule has 0 bridgehead atoms. The van der Waals surface area contributed by atoms with Crippen LogP contribution in [0.25, 0.3) is 0 Å². The van der Waals surface area contributed by atoms with Gasteiger partial charge in [0, 0.05) is 38.1 Å². The molecule has 1 unspecified atom stereocenters. The van der Waals surface area contributed by atoms with E-state index in [1.807, 2.05) is 20.0 Å². The monoisotopic (exact) mass is 312 g/mol. The number of nitrogens with one attached hydrogen (secondary N) is 1. The maximum atomic E-state index is 12.4. The van der Waals surface area contributed by atoms with E-state index >= 15 is 0 Å². The van der Waals surface area contributed by atoms with Crippen LogP contribution in [0.1, 0.15) is 30.9 Å². The van der Waals surface area contributed by atoms with Crippen molar-refractivity contribution in [3.8, 4) is 0 Å². The van der Waals surface area contributed by atoms with Crippen LogP contribution < -0.4 is 5.32 Å². The molecule has 7 heteroatoms. The van der Waals surface area contributed by atoms with Crippen molar-refractivity contribution < 1.29 is 4.79 Å². The van der Waals surface area contributed by atoms with Gasteiger partial charge < -0.3 is 0 Å². The highest BCUT2D eigenvalue weighted by Crippen LogP contribution is 2.19. The smallest absolute Gasteiger partial charge is 0.243 e. The predicted molar refractivity (Wildman–Crippen MR) is 85.6 cm³/mol. The van der Waals surface area contributed by atoms with Crippen LogP contribution in [0.2, 0.25) is 0 Å². The number of hydrogen-bond acceptors (Lipinski definition) is 6. The number of rotatable bonds is 4. The number of fused-ring (bicyclic) bond motifs is 1. The van der Waals surface area contributed by atoms with Gasteiger partial charge in [0.2, 0.25) is 11.9 Å². The summed E-state index contributed by atoms with van der Waals surface area (Å²) < 4.78 is 0. The second-order valence-electron chi connectivity index (χ2n) is 5.57. The van der Waals surface area contributed by atoms with E-state index in [1.54, 1.807) is 18.5 Å². The summed E-state index contributed by atoms with van der Waals surface area (Å²) in [6.07, 6.45) is 6.80. The highest BCUT2D eigenvalue weighted by atomic mass is 16.2. The molecule has 3 heterocycles. The van der Waals surface area contributed by atoms with Gasteiger partial charge in [0.05, 0.1) is 11.7 Å². The molecule has 1 amide bonds. The van der Waals surface area contributed by atoms with Crippen molar-refractivity contribution in [2.45, 2.75) is 39.3 Å². The first-order valence-electron chi connectivity index (χ1n) is 7.83. The fourth-order valence-electron chi connectivity index (χ4n) is 2.61. The minimum atomic E-state index is -0.271. The normalized spacial score (nSPS) is 15.7. The first-order valence-corrected chi connectivity index (χ1v) is 7.83. The Bertz CT molecular complexity index is 690. The zero-order valence-electron chi connectivity index (χ0n) is 13.4. The molecule has 1 aliphatic rings. The SMILES string of the molecule is CCc1ncc2c(n1)CN(C(C)C(=O)Nc1ncccn1)CC2. The van der Waals surface area contributed by atoms with Gasteiger partial charge in [-0.05, 0) is 25.0 Å². The number of carbonyl (C=O) groups is 1. The van der Waals surface area contributed by atoms with E-state index in [4.69, 9.17) is 0 Å². The van der Waals surface area contributed by atoms with Gasteiger partial charge in [0.25, 0.3) is 0 Å². The van der Waals surface area contributed by atoms with E-state index < -0.39 is 0 Å². The molecule has 0 fully saturated rings. The second kappa shape index (κ2) is 6.78. The van der Waals surface area contributed by atoms with Gasteiger partial charge in [-0.1, -0.05) is 6.92 Å². The van der Waals surface area contributed by atoms with Crippen LogP contribution in [0.15, 0.2) is 24.7 Å². The average molecular weight is 312 g/mol. The van der Waals surface area contributed by atoms with Crippen molar-refractivity contribution in [1.29, 1.82) is 0 Å². The third kappa shape index (κ3) is 3.50. The molecule has 7 nitrogen and oxygen atoms in total. The topological polar surface area (TPSA) is 83.9 Å². The maximum absolute atomic E-state index is 12.4. The minimum absolute atomic E-state index is 0.107. The fourth-order valence-corrected chi connectivity index (χ4v) is 2.61. The molecule has 120 valence electrons. The molecule has 0 saturated carbocycles. The number of carbonyl (C=O) groups excluding carboxylic acids is 1. The number of aryl methyl sites for hydroxylation is 1. The van der Waals surface area contributed by atoms with Gasteiger partial charge in [-0.2, -0.15) is 0 Å². The van der Waals surface area contributed by atoms with Gasteiger partial charge >= 0.3 is 0 Å². The van der Waals surface area contributed by atoms with Crippen molar-refractivity contribution in [1.82, 2.24) is 24.8 Å². The van der Waals surface area contributed by atoms with Crippen LogP contribution >= 0.6 is 0 Å². The van der Waals surface area contributed by atoms with Crippen LogP contribution in [-0.4, -0.2) is 43.3 Å². The summed E-state index contributed by atoms with van der Waals surface area (Å²) in [6, 6.07) is 1.44. The molecular formula is C16H20N6O. The Morgan fingerprint density at radius 1 is 1.35 bits per heavy atom. The highest BCUT2D eigenvalue weighted by molar-refractivity contribution is 5.93. The molecule has 23 heavy (non-hydrogen) atoms. The van der Waals surface area contributed by atoms with Gasteiger partial charge in [0.1, 0.15) is 5.82 Å². The lowest BCUT2D eigenvalue weighted by atomic mass is 10.0. The van der Waals surface area contributed by atoms with Crippen molar-refractivity contribution in [3.63, 3.8) is 0 Å². The molecule has 2 aromatic heterocycles. The number of anilines is 1. The quantitative estimate of drug-likeness (QED) is 0.913. The van der Waals surface area contributed by atoms with Crippen LogP contribution in [0.3, 0.4) is 0 Å². The molecule has 1 aliphatic heterocycles. The highest BCUT2D eigenvalue weighted by Gasteiger charge is 2.26.